The first kappa shape index (κ1) is 20.6. The summed E-state index contributed by atoms with van der Waals surface area (Å²) in [5, 5.41) is 16.9. The minimum Gasteiger partial charge on any atom is -0.382 e. The van der Waals surface area contributed by atoms with Crippen molar-refractivity contribution in [3.8, 4) is 33.1 Å². The Hall–Kier alpha value is -3.33. The van der Waals surface area contributed by atoms with E-state index in [1.807, 2.05) is 29.6 Å². The monoisotopic (exact) mass is 462 g/mol. The zero-order valence-corrected chi connectivity index (χ0v) is 19.0. The molecule has 0 saturated carbocycles. The van der Waals surface area contributed by atoms with Crippen LogP contribution in [0.2, 0.25) is 5.02 Å². The summed E-state index contributed by atoms with van der Waals surface area (Å²) in [6.07, 6.45) is 0. The molecule has 0 aliphatic carbocycles. The van der Waals surface area contributed by atoms with Gasteiger partial charge in [0.1, 0.15) is 5.01 Å². The van der Waals surface area contributed by atoms with Gasteiger partial charge in [0, 0.05) is 23.1 Å². The lowest BCUT2D eigenvalue weighted by Crippen LogP contribution is -2.05. The maximum Gasteiger partial charge on any atom is 0.187 e. The third-order valence-electron chi connectivity index (χ3n) is 5.12. The number of anilines is 1. The van der Waals surface area contributed by atoms with Crippen LogP contribution in [0.5, 0.6) is 0 Å². The molecule has 0 saturated heterocycles. The van der Waals surface area contributed by atoms with E-state index in [1.165, 1.54) is 16.9 Å². The van der Waals surface area contributed by atoms with Gasteiger partial charge < -0.3 is 10.5 Å². The Morgan fingerprint density at radius 3 is 2.47 bits per heavy atom. The number of hydrogen-bond acceptors (Lipinski definition) is 7. The normalized spacial score (nSPS) is 11.3. The maximum absolute atomic E-state index is 6.50. The lowest BCUT2D eigenvalue weighted by molar-refractivity contribution is 0.181. The van der Waals surface area contributed by atoms with Gasteiger partial charge in [0.2, 0.25) is 0 Å². The predicted octanol–water partition coefficient (Wildman–Crippen LogP) is 5.27. The minimum atomic E-state index is 0.310. The molecule has 5 aromatic rings. The van der Waals surface area contributed by atoms with Gasteiger partial charge >= 0.3 is 0 Å². The van der Waals surface area contributed by atoms with Gasteiger partial charge in [-0.3, -0.25) is 0 Å². The molecule has 0 spiro atoms. The highest BCUT2D eigenvalue weighted by atomic mass is 35.5. The molecule has 2 N–H and O–H groups in total. The molecule has 0 fully saturated rings. The smallest absolute Gasteiger partial charge is 0.187 e. The van der Waals surface area contributed by atoms with E-state index in [1.54, 1.807) is 11.6 Å². The first-order valence-electron chi connectivity index (χ1n) is 9.86. The summed E-state index contributed by atoms with van der Waals surface area (Å²) >= 11 is 7.53. The predicted molar refractivity (Wildman–Crippen MR) is 128 cm³/mol. The molecular formula is C23H19ClN6OS. The summed E-state index contributed by atoms with van der Waals surface area (Å²) in [5.41, 5.74) is 13.1. The lowest BCUT2D eigenvalue weighted by atomic mass is 10.1. The second-order valence-corrected chi connectivity index (χ2v) is 8.63. The zero-order chi connectivity index (χ0) is 22.2. The van der Waals surface area contributed by atoms with Gasteiger partial charge in [-0.15, -0.1) is 21.5 Å². The zero-order valence-electron chi connectivity index (χ0n) is 17.4. The van der Waals surface area contributed by atoms with Crippen LogP contribution in [0.3, 0.4) is 0 Å². The second kappa shape index (κ2) is 8.31. The van der Waals surface area contributed by atoms with Crippen LogP contribution in [0.4, 0.5) is 5.82 Å². The fourth-order valence-electron chi connectivity index (χ4n) is 3.50. The van der Waals surface area contributed by atoms with Gasteiger partial charge in [0.25, 0.3) is 0 Å². The maximum atomic E-state index is 6.50. The number of ether oxygens (including phenoxy) is 1. The Kier molecular flexibility index (Phi) is 5.34. The van der Waals surface area contributed by atoms with E-state index in [2.05, 4.69) is 46.5 Å². The standard InChI is InChI=1S/C23H19ClN6OS/c1-13-3-5-14(6-4-13)18-12-32-23(26-18)20-21(25)30-22(28-27-20)19(17(29-30)11-31-2)15-7-9-16(24)10-8-15/h3-10,12H,11,25H2,1-2H3. The first-order chi connectivity index (χ1) is 15.5. The van der Waals surface area contributed by atoms with Crippen LogP contribution in [0.1, 0.15) is 11.3 Å². The molecular weight excluding hydrogens is 444 g/mol. The van der Waals surface area contributed by atoms with E-state index in [-0.39, 0.29) is 0 Å². The van der Waals surface area contributed by atoms with Crippen LogP contribution in [0.25, 0.3) is 38.7 Å². The highest BCUT2D eigenvalue weighted by Gasteiger charge is 2.21. The van der Waals surface area contributed by atoms with Gasteiger partial charge in [-0.05, 0) is 24.6 Å². The van der Waals surface area contributed by atoms with Crippen LogP contribution >= 0.6 is 22.9 Å². The third-order valence-corrected chi connectivity index (χ3v) is 6.22. The van der Waals surface area contributed by atoms with Crippen molar-refractivity contribution in [1.82, 2.24) is 24.8 Å². The molecule has 0 unspecified atom stereocenters. The molecule has 2 aromatic carbocycles. The molecule has 7 nitrogen and oxygen atoms in total. The molecule has 0 radical (unpaired) electrons. The van der Waals surface area contributed by atoms with Crippen molar-refractivity contribution < 1.29 is 4.74 Å². The van der Waals surface area contributed by atoms with E-state index in [0.717, 1.165) is 22.4 Å². The van der Waals surface area contributed by atoms with E-state index in [4.69, 9.17) is 27.1 Å². The van der Waals surface area contributed by atoms with Crippen molar-refractivity contribution in [3.05, 3.63) is 70.2 Å². The number of aryl methyl sites for hydroxylation is 1. The Labute approximate surface area is 193 Å². The fourth-order valence-corrected chi connectivity index (χ4v) is 4.45. The Morgan fingerprint density at radius 2 is 1.75 bits per heavy atom. The van der Waals surface area contributed by atoms with Gasteiger partial charge in [0.15, 0.2) is 17.2 Å². The largest absolute Gasteiger partial charge is 0.382 e. The molecule has 0 bridgehead atoms. The van der Waals surface area contributed by atoms with Crippen molar-refractivity contribution >= 4 is 34.4 Å². The van der Waals surface area contributed by atoms with Crippen LogP contribution in [0.15, 0.2) is 53.9 Å². The highest BCUT2D eigenvalue weighted by molar-refractivity contribution is 7.13. The number of nitrogens with zero attached hydrogens (tertiary/aromatic N) is 5. The molecule has 0 aliphatic rings. The molecule has 0 amide bonds. The van der Waals surface area contributed by atoms with E-state index in [9.17, 15) is 0 Å². The minimum absolute atomic E-state index is 0.310. The first-order valence-corrected chi connectivity index (χ1v) is 11.1. The number of rotatable bonds is 5. The average molecular weight is 463 g/mol. The number of aromatic nitrogens is 5. The molecule has 3 heterocycles. The van der Waals surface area contributed by atoms with Crippen molar-refractivity contribution in [2.24, 2.45) is 0 Å². The molecule has 9 heteroatoms. The lowest BCUT2D eigenvalue weighted by Gasteiger charge is -2.04. The molecule has 32 heavy (non-hydrogen) atoms. The van der Waals surface area contributed by atoms with Gasteiger partial charge in [-0.1, -0.05) is 53.6 Å². The summed E-state index contributed by atoms with van der Waals surface area (Å²) in [4.78, 5) is 4.74. The summed E-state index contributed by atoms with van der Waals surface area (Å²) in [6, 6.07) is 15.7. The summed E-state index contributed by atoms with van der Waals surface area (Å²) in [6.45, 7) is 2.37. The fraction of sp³-hybridized carbons (Fsp3) is 0.130. The van der Waals surface area contributed by atoms with Crippen LogP contribution in [-0.4, -0.2) is 31.9 Å². The van der Waals surface area contributed by atoms with Gasteiger partial charge in [0.05, 0.1) is 23.6 Å². The molecule has 160 valence electrons. The number of thiazole rings is 1. The van der Waals surface area contributed by atoms with Crippen LogP contribution in [0, 0.1) is 6.92 Å². The Morgan fingerprint density at radius 1 is 1.03 bits per heavy atom. The number of methoxy groups -OCH3 is 1. The van der Waals surface area contributed by atoms with E-state index >= 15 is 0 Å². The second-order valence-electron chi connectivity index (χ2n) is 7.33. The number of nitrogen functional groups attached to an aromatic ring is 1. The SMILES string of the molecule is COCc1nn2c(N)c(-c3nc(-c4ccc(C)cc4)cs3)nnc2c1-c1ccc(Cl)cc1. The van der Waals surface area contributed by atoms with Crippen molar-refractivity contribution in [1.29, 1.82) is 0 Å². The Bertz CT molecular complexity index is 1410. The third kappa shape index (κ3) is 3.62. The number of nitrogens with two attached hydrogens (primary N) is 1. The van der Waals surface area contributed by atoms with Gasteiger partial charge in [-0.2, -0.15) is 9.61 Å². The van der Waals surface area contributed by atoms with Crippen molar-refractivity contribution in [2.45, 2.75) is 13.5 Å². The van der Waals surface area contributed by atoms with Crippen LogP contribution in [-0.2, 0) is 11.3 Å². The molecule has 0 atom stereocenters. The number of benzene rings is 2. The number of hydrogen-bond donors (Lipinski definition) is 1. The topological polar surface area (TPSA) is 91.2 Å². The van der Waals surface area contributed by atoms with E-state index < -0.39 is 0 Å². The summed E-state index contributed by atoms with van der Waals surface area (Å²) < 4.78 is 6.96. The molecule has 5 rings (SSSR count). The number of halogens is 1. The van der Waals surface area contributed by atoms with Gasteiger partial charge in [-0.25, -0.2) is 4.98 Å². The highest BCUT2D eigenvalue weighted by Crippen LogP contribution is 2.34. The van der Waals surface area contributed by atoms with Crippen LogP contribution < -0.4 is 5.73 Å². The quantitative estimate of drug-likeness (QED) is 0.382. The average Bonchev–Trinajstić information content (AvgIpc) is 3.41. The van der Waals surface area contributed by atoms with Crippen molar-refractivity contribution in [2.75, 3.05) is 12.8 Å². The summed E-state index contributed by atoms with van der Waals surface area (Å²) in [5.74, 6) is 0.373. The number of fused-ring (bicyclic) bond motifs is 1. The molecule has 0 aliphatic heterocycles. The Balaban J connectivity index is 1.62. The van der Waals surface area contributed by atoms with E-state index in [0.29, 0.717) is 39.5 Å². The van der Waals surface area contributed by atoms with Crippen molar-refractivity contribution in [3.63, 3.8) is 0 Å². The molecule has 3 aromatic heterocycles. The summed E-state index contributed by atoms with van der Waals surface area (Å²) in [7, 11) is 1.62.